The summed E-state index contributed by atoms with van der Waals surface area (Å²) in [7, 11) is 0. The van der Waals surface area contributed by atoms with E-state index in [0.717, 1.165) is 28.8 Å². The van der Waals surface area contributed by atoms with E-state index in [1.54, 1.807) is 0 Å². The molecule has 0 saturated carbocycles. The Morgan fingerprint density at radius 3 is 2.85 bits per heavy atom. The second-order valence-electron chi connectivity index (χ2n) is 3.06. The molecule has 0 aromatic carbocycles. The first-order chi connectivity index (χ1) is 6.13. The molecular formula is C10H14BrNO. The van der Waals surface area contributed by atoms with Crippen molar-refractivity contribution in [3.05, 3.63) is 34.7 Å². The van der Waals surface area contributed by atoms with Crippen LogP contribution in [0.5, 0.6) is 0 Å². The predicted octanol–water partition coefficient (Wildman–Crippen LogP) is 3.40. The van der Waals surface area contributed by atoms with Crippen LogP contribution >= 0.6 is 15.9 Å². The summed E-state index contributed by atoms with van der Waals surface area (Å²) in [5.74, 6) is 0.807. The zero-order chi connectivity index (χ0) is 9.84. The average Bonchev–Trinajstić information content (AvgIpc) is 2.51. The minimum absolute atomic E-state index is 0.0706. The van der Waals surface area contributed by atoms with Crippen LogP contribution in [0.2, 0.25) is 0 Å². The molecule has 1 unspecified atom stereocenters. The van der Waals surface area contributed by atoms with Gasteiger partial charge in [0.05, 0.1) is 6.04 Å². The van der Waals surface area contributed by atoms with Gasteiger partial charge in [0.2, 0.25) is 0 Å². The molecule has 0 aliphatic heterocycles. The van der Waals surface area contributed by atoms with Crippen LogP contribution in [0.15, 0.2) is 33.4 Å². The molecule has 3 heteroatoms. The lowest BCUT2D eigenvalue weighted by molar-refractivity contribution is 0.446. The third-order valence-corrected chi connectivity index (χ3v) is 2.39. The van der Waals surface area contributed by atoms with Gasteiger partial charge in [-0.3, -0.25) is 0 Å². The summed E-state index contributed by atoms with van der Waals surface area (Å²) >= 11 is 3.24. The summed E-state index contributed by atoms with van der Waals surface area (Å²) in [4.78, 5) is 0. The van der Waals surface area contributed by atoms with Crippen molar-refractivity contribution >= 4 is 15.9 Å². The normalized spacial score (nSPS) is 12.8. The van der Waals surface area contributed by atoms with Crippen molar-refractivity contribution in [1.82, 2.24) is 0 Å². The van der Waals surface area contributed by atoms with Crippen molar-refractivity contribution < 1.29 is 4.42 Å². The summed E-state index contributed by atoms with van der Waals surface area (Å²) < 4.78 is 6.06. The van der Waals surface area contributed by atoms with E-state index in [-0.39, 0.29) is 6.04 Å². The topological polar surface area (TPSA) is 39.2 Å². The lowest BCUT2D eigenvalue weighted by Gasteiger charge is -2.09. The molecular weight excluding hydrogens is 230 g/mol. The third-order valence-electron chi connectivity index (χ3n) is 1.97. The second-order valence-corrected chi connectivity index (χ2v) is 3.84. The second kappa shape index (κ2) is 4.63. The molecule has 1 heterocycles. The van der Waals surface area contributed by atoms with E-state index in [1.165, 1.54) is 0 Å². The van der Waals surface area contributed by atoms with Crippen LogP contribution in [-0.2, 0) is 0 Å². The van der Waals surface area contributed by atoms with Gasteiger partial charge in [-0.2, -0.15) is 0 Å². The fraction of sp³-hybridized carbons (Fsp3) is 0.400. The Hall–Kier alpha value is -0.540. The molecule has 0 aliphatic rings. The molecule has 1 atom stereocenters. The van der Waals surface area contributed by atoms with Crippen molar-refractivity contribution in [1.29, 1.82) is 0 Å². The Kier molecular flexibility index (Phi) is 3.75. The molecule has 1 rings (SSSR count). The van der Waals surface area contributed by atoms with E-state index < -0.39 is 0 Å². The van der Waals surface area contributed by atoms with E-state index in [0.29, 0.717) is 0 Å². The number of rotatable bonds is 4. The monoisotopic (exact) mass is 243 g/mol. The molecule has 0 aliphatic carbocycles. The van der Waals surface area contributed by atoms with Gasteiger partial charge in [-0.15, -0.1) is 0 Å². The Balaban J connectivity index is 2.58. The molecule has 0 amide bonds. The van der Waals surface area contributed by atoms with Gasteiger partial charge in [-0.1, -0.05) is 19.1 Å². The number of hydrogen-bond donors (Lipinski definition) is 1. The Bertz CT molecular complexity index is 293. The van der Waals surface area contributed by atoms with Crippen molar-refractivity contribution in [2.45, 2.75) is 25.8 Å². The lowest BCUT2D eigenvalue weighted by Crippen LogP contribution is -2.09. The highest BCUT2D eigenvalue weighted by molar-refractivity contribution is 9.10. The zero-order valence-electron chi connectivity index (χ0n) is 7.72. The van der Waals surface area contributed by atoms with E-state index in [2.05, 4.69) is 29.4 Å². The third kappa shape index (κ3) is 3.01. The van der Waals surface area contributed by atoms with Crippen molar-refractivity contribution in [3.8, 4) is 0 Å². The van der Waals surface area contributed by atoms with Crippen LogP contribution < -0.4 is 5.73 Å². The minimum atomic E-state index is -0.0706. The zero-order valence-corrected chi connectivity index (χ0v) is 9.30. The predicted molar refractivity (Wildman–Crippen MR) is 57.4 cm³/mol. The Labute approximate surface area is 86.9 Å². The van der Waals surface area contributed by atoms with Crippen molar-refractivity contribution in [2.24, 2.45) is 5.73 Å². The van der Waals surface area contributed by atoms with Gasteiger partial charge in [0.1, 0.15) is 5.76 Å². The lowest BCUT2D eigenvalue weighted by atomic mass is 10.0. The molecule has 1 aromatic heterocycles. The maximum absolute atomic E-state index is 5.91. The fourth-order valence-corrected chi connectivity index (χ4v) is 1.40. The van der Waals surface area contributed by atoms with Crippen LogP contribution in [0, 0.1) is 0 Å². The van der Waals surface area contributed by atoms with E-state index in [4.69, 9.17) is 10.2 Å². The molecule has 1 aromatic rings. The van der Waals surface area contributed by atoms with Gasteiger partial charge in [0, 0.05) is 0 Å². The standard InChI is InChI=1S/C10H14BrNO/c1-3-7(2)6-8(12)9-4-5-10(11)13-9/h4-5,8H,2-3,6,12H2,1H3. The summed E-state index contributed by atoms with van der Waals surface area (Å²) in [6.45, 7) is 5.99. The Morgan fingerprint density at radius 2 is 2.38 bits per heavy atom. The van der Waals surface area contributed by atoms with Gasteiger partial charge in [0.25, 0.3) is 0 Å². The van der Waals surface area contributed by atoms with Gasteiger partial charge in [0.15, 0.2) is 4.67 Å². The fourth-order valence-electron chi connectivity index (χ4n) is 1.08. The molecule has 0 spiro atoms. The first-order valence-electron chi connectivity index (χ1n) is 4.31. The highest BCUT2D eigenvalue weighted by Crippen LogP contribution is 2.23. The molecule has 0 bridgehead atoms. The summed E-state index contributed by atoms with van der Waals surface area (Å²) in [5.41, 5.74) is 7.06. The van der Waals surface area contributed by atoms with Crippen LogP contribution in [0.3, 0.4) is 0 Å². The smallest absolute Gasteiger partial charge is 0.169 e. The number of halogens is 1. The highest BCUT2D eigenvalue weighted by atomic mass is 79.9. The van der Waals surface area contributed by atoms with Crippen LogP contribution in [0.25, 0.3) is 0 Å². The van der Waals surface area contributed by atoms with Crippen molar-refractivity contribution in [3.63, 3.8) is 0 Å². The molecule has 0 fully saturated rings. The van der Waals surface area contributed by atoms with Gasteiger partial charge < -0.3 is 10.2 Å². The minimum Gasteiger partial charge on any atom is -0.453 e. The SMILES string of the molecule is C=C(CC)CC(N)c1ccc(Br)o1. The highest BCUT2D eigenvalue weighted by Gasteiger charge is 2.10. The Morgan fingerprint density at radius 1 is 1.69 bits per heavy atom. The van der Waals surface area contributed by atoms with Gasteiger partial charge in [-0.05, 0) is 40.9 Å². The number of hydrogen-bond acceptors (Lipinski definition) is 2. The maximum Gasteiger partial charge on any atom is 0.169 e. The van der Waals surface area contributed by atoms with Gasteiger partial charge >= 0.3 is 0 Å². The molecule has 13 heavy (non-hydrogen) atoms. The van der Waals surface area contributed by atoms with Crippen LogP contribution in [-0.4, -0.2) is 0 Å². The first-order valence-corrected chi connectivity index (χ1v) is 5.10. The largest absolute Gasteiger partial charge is 0.453 e. The number of nitrogens with two attached hydrogens (primary N) is 1. The molecule has 0 saturated heterocycles. The van der Waals surface area contributed by atoms with E-state index in [9.17, 15) is 0 Å². The molecule has 0 radical (unpaired) electrons. The van der Waals surface area contributed by atoms with Crippen molar-refractivity contribution in [2.75, 3.05) is 0 Å². The first kappa shape index (κ1) is 10.5. The van der Waals surface area contributed by atoms with Gasteiger partial charge in [-0.25, -0.2) is 0 Å². The van der Waals surface area contributed by atoms with E-state index in [1.807, 2.05) is 12.1 Å². The number of furan rings is 1. The molecule has 2 N–H and O–H groups in total. The average molecular weight is 244 g/mol. The van der Waals surface area contributed by atoms with Crippen LogP contribution in [0.1, 0.15) is 31.6 Å². The van der Waals surface area contributed by atoms with E-state index >= 15 is 0 Å². The quantitative estimate of drug-likeness (QED) is 0.824. The summed E-state index contributed by atoms with van der Waals surface area (Å²) in [6.07, 6.45) is 1.76. The molecule has 2 nitrogen and oxygen atoms in total. The summed E-state index contributed by atoms with van der Waals surface area (Å²) in [5, 5.41) is 0. The maximum atomic E-state index is 5.91. The molecule has 72 valence electrons. The van der Waals surface area contributed by atoms with Crippen LogP contribution in [0.4, 0.5) is 0 Å². The summed E-state index contributed by atoms with van der Waals surface area (Å²) in [6, 6.07) is 3.67.